The van der Waals surface area contributed by atoms with Gasteiger partial charge in [-0.15, -0.1) is 0 Å². The molecule has 26 heavy (non-hydrogen) atoms. The molecule has 0 saturated carbocycles. The first-order valence-electron chi connectivity index (χ1n) is 7.75. The highest BCUT2D eigenvalue weighted by Crippen LogP contribution is 2.30. The van der Waals surface area contributed by atoms with Crippen LogP contribution in [0.15, 0.2) is 66.7 Å². The van der Waals surface area contributed by atoms with E-state index >= 15 is 0 Å². The number of anilines is 2. The molecule has 0 aliphatic carbocycles. The molecule has 0 atom stereocenters. The highest BCUT2D eigenvalue weighted by Gasteiger charge is 2.13. The van der Waals surface area contributed by atoms with Crippen LogP contribution in [-0.4, -0.2) is 17.0 Å². The van der Waals surface area contributed by atoms with Crippen LogP contribution in [-0.2, 0) is 0 Å². The molecule has 3 rings (SSSR count). The molecule has 0 aliphatic heterocycles. The first-order valence-corrected chi connectivity index (χ1v) is 7.75. The van der Waals surface area contributed by atoms with Crippen LogP contribution in [0.5, 0.6) is 5.75 Å². The number of aromatic carboxylic acids is 1. The summed E-state index contributed by atoms with van der Waals surface area (Å²) in [5, 5.41) is 9.16. The molecule has 0 aromatic heterocycles. The van der Waals surface area contributed by atoms with Crippen molar-refractivity contribution >= 4 is 23.3 Å². The Bertz CT molecular complexity index is 964. The molecular formula is C20H16N2O4. The van der Waals surface area contributed by atoms with Gasteiger partial charge in [0, 0.05) is 11.3 Å². The number of carbonyl (C=O) groups excluding carboxylic acids is 1. The molecule has 6 nitrogen and oxygen atoms in total. The SMILES string of the molecule is Nc1ccc(C(=O)Oc2ccc(-c3cccc(C(=O)O)c3N)cc2)cc1. The number of nitrogen functional groups attached to an aromatic ring is 2. The molecule has 0 aliphatic rings. The van der Waals surface area contributed by atoms with E-state index in [-0.39, 0.29) is 11.3 Å². The van der Waals surface area contributed by atoms with E-state index in [1.807, 2.05) is 0 Å². The van der Waals surface area contributed by atoms with Gasteiger partial charge in [0.25, 0.3) is 0 Å². The summed E-state index contributed by atoms with van der Waals surface area (Å²) in [4.78, 5) is 23.3. The van der Waals surface area contributed by atoms with Crippen LogP contribution in [0.2, 0.25) is 0 Å². The number of ether oxygens (including phenoxy) is 1. The molecule has 0 fully saturated rings. The molecule has 0 amide bonds. The third kappa shape index (κ3) is 3.49. The second kappa shape index (κ2) is 6.98. The van der Waals surface area contributed by atoms with Crippen molar-refractivity contribution in [2.75, 3.05) is 11.5 Å². The summed E-state index contributed by atoms with van der Waals surface area (Å²) in [5.74, 6) is -1.22. The summed E-state index contributed by atoms with van der Waals surface area (Å²) in [7, 11) is 0. The van der Waals surface area contributed by atoms with Gasteiger partial charge in [0.15, 0.2) is 0 Å². The lowest BCUT2D eigenvalue weighted by Crippen LogP contribution is -2.08. The van der Waals surface area contributed by atoms with E-state index < -0.39 is 11.9 Å². The van der Waals surface area contributed by atoms with Crippen LogP contribution in [0.3, 0.4) is 0 Å². The maximum absolute atomic E-state index is 12.1. The van der Waals surface area contributed by atoms with Crippen molar-refractivity contribution < 1.29 is 19.4 Å². The number of rotatable bonds is 4. The van der Waals surface area contributed by atoms with Crippen LogP contribution in [0.1, 0.15) is 20.7 Å². The fourth-order valence-electron chi connectivity index (χ4n) is 2.49. The Kier molecular flexibility index (Phi) is 4.57. The predicted octanol–water partition coefficient (Wildman–Crippen LogP) is 3.44. The molecule has 130 valence electrons. The van der Waals surface area contributed by atoms with E-state index in [9.17, 15) is 9.59 Å². The topological polar surface area (TPSA) is 116 Å². The maximum atomic E-state index is 12.1. The third-order valence-corrected chi connectivity index (χ3v) is 3.86. The van der Waals surface area contributed by atoms with Crippen LogP contribution < -0.4 is 16.2 Å². The Labute approximate surface area is 149 Å². The average molecular weight is 348 g/mol. The second-order valence-corrected chi connectivity index (χ2v) is 5.61. The van der Waals surface area contributed by atoms with Crippen LogP contribution in [0.25, 0.3) is 11.1 Å². The highest BCUT2D eigenvalue weighted by atomic mass is 16.5. The third-order valence-electron chi connectivity index (χ3n) is 3.86. The highest BCUT2D eigenvalue weighted by molar-refractivity contribution is 5.98. The minimum Gasteiger partial charge on any atom is -0.478 e. The van der Waals surface area contributed by atoms with Crippen molar-refractivity contribution in [3.63, 3.8) is 0 Å². The molecule has 3 aromatic rings. The van der Waals surface area contributed by atoms with Crippen molar-refractivity contribution in [1.29, 1.82) is 0 Å². The van der Waals surface area contributed by atoms with Gasteiger partial charge in [-0.05, 0) is 48.0 Å². The lowest BCUT2D eigenvalue weighted by molar-refractivity contribution is 0.0695. The summed E-state index contributed by atoms with van der Waals surface area (Å²) in [6.07, 6.45) is 0. The van der Waals surface area contributed by atoms with Gasteiger partial charge in [0.2, 0.25) is 0 Å². The first-order chi connectivity index (χ1) is 12.5. The average Bonchev–Trinajstić information content (AvgIpc) is 2.63. The quantitative estimate of drug-likeness (QED) is 0.378. The molecular weight excluding hydrogens is 332 g/mol. The molecule has 3 aromatic carbocycles. The molecule has 0 saturated heterocycles. The van der Waals surface area contributed by atoms with Gasteiger partial charge in [-0.25, -0.2) is 9.59 Å². The second-order valence-electron chi connectivity index (χ2n) is 5.61. The number of esters is 1. The van der Waals surface area contributed by atoms with E-state index in [0.29, 0.717) is 22.6 Å². The Morgan fingerprint density at radius 2 is 1.50 bits per heavy atom. The number of hydrogen-bond donors (Lipinski definition) is 3. The molecule has 0 bridgehead atoms. The number of carboxylic acid groups (broad SMARTS) is 1. The van der Waals surface area contributed by atoms with Crippen LogP contribution >= 0.6 is 0 Å². The van der Waals surface area contributed by atoms with Gasteiger partial charge >= 0.3 is 11.9 Å². The van der Waals surface area contributed by atoms with Crippen molar-refractivity contribution in [3.05, 3.63) is 77.9 Å². The fraction of sp³-hybridized carbons (Fsp3) is 0. The van der Waals surface area contributed by atoms with E-state index in [2.05, 4.69) is 0 Å². The number of benzene rings is 3. The van der Waals surface area contributed by atoms with E-state index in [1.54, 1.807) is 60.7 Å². The lowest BCUT2D eigenvalue weighted by Gasteiger charge is -2.10. The van der Waals surface area contributed by atoms with Gasteiger partial charge in [-0.2, -0.15) is 0 Å². The number of carbonyl (C=O) groups is 2. The van der Waals surface area contributed by atoms with Crippen molar-refractivity contribution in [2.24, 2.45) is 0 Å². The minimum atomic E-state index is -1.08. The van der Waals surface area contributed by atoms with Crippen molar-refractivity contribution in [2.45, 2.75) is 0 Å². The summed E-state index contributed by atoms with van der Waals surface area (Å²) in [6, 6.07) is 17.9. The van der Waals surface area contributed by atoms with Gasteiger partial charge in [0.05, 0.1) is 16.8 Å². The van der Waals surface area contributed by atoms with Crippen LogP contribution in [0, 0.1) is 0 Å². The maximum Gasteiger partial charge on any atom is 0.343 e. The number of para-hydroxylation sites is 1. The zero-order valence-corrected chi connectivity index (χ0v) is 13.7. The van der Waals surface area contributed by atoms with Gasteiger partial charge in [-0.3, -0.25) is 0 Å². The minimum absolute atomic E-state index is 0.0429. The number of hydrogen-bond acceptors (Lipinski definition) is 5. The smallest absolute Gasteiger partial charge is 0.343 e. The Balaban J connectivity index is 1.81. The van der Waals surface area contributed by atoms with Crippen molar-refractivity contribution in [1.82, 2.24) is 0 Å². The van der Waals surface area contributed by atoms with Gasteiger partial charge in [-0.1, -0.05) is 24.3 Å². The van der Waals surface area contributed by atoms with E-state index in [0.717, 1.165) is 5.56 Å². The van der Waals surface area contributed by atoms with Crippen LogP contribution in [0.4, 0.5) is 11.4 Å². The molecule has 0 radical (unpaired) electrons. The summed E-state index contributed by atoms with van der Waals surface area (Å²) in [5.41, 5.74) is 14.0. The normalized spacial score (nSPS) is 10.3. The Morgan fingerprint density at radius 3 is 2.12 bits per heavy atom. The molecule has 5 N–H and O–H groups in total. The van der Waals surface area contributed by atoms with Gasteiger partial charge in [0.1, 0.15) is 5.75 Å². The monoisotopic (exact) mass is 348 g/mol. The summed E-state index contributed by atoms with van der Waals surface area (Å²) in [6.45, 7) is 0. The number of carboxylic acids is 1. The summed E-state index contributed by atoms with van der Waals surface area (Å²) < 4.78 is 5.32. The molecule has 0 heterocycles. The fourth-order valence-corrected chi connectivity index (χ4v) is 2.49. The van der Waals surface area contributed by atoms with E-state index in [4.69, 9.17) is 21.3 Å². The van der Waals surface area contributed by atoms with E-state index in [1.165, 1.54) is 6.07 Å². The first kappa shape index (κ1) is 17.0. The molecule has 0 spiro atoms. The number of nitrogens with two attached hydrogens (primary N) is 2. The predicted molar refractivity (Wildman–Crippen MR) is 99.1 cm³/mol. The Morgan fingerprint density at radius 1 is 0.846 bits per heavy atom. The van der Waals surface area contributed by atoms with Gasteiger partial charge < -0.3 is 21.3 Å². The zero-order valence-electron chi connectivity index (χ0n) is 13.7. The molecule has 6 heteroatoms. The molecule has 0 unspecified atom stereocenters. The summed E-state index contributed by atoms with van der Waals surface area (Å²) >= 11 is 0. The largest absolute Gasteiger partial charge is 0.478 e. The Hall–Kier alpha value is -3.80. The van der Waals surface area contributed by atoms with Crippen molar-refractivity contribution in [3.8, 4) is 16.9 Å². The standard InChI is InChI=1S/C20H16N2O4/c21-14-8-4-13(5-9-14)20(25)26-15-10-6-12(7-11-15)16-2-1-3-17(18(16)22)19(23)24/h1-11H,21-22H2,(H,23,24). The lowest BCUT2D eigenvalue weighted by atomic mass is 10.0. The zero-order chi connectivity index (χ0) is 18.7.